The van der Waals surface area contributed by atoms with Gasteiger partial charge in [0.25, 0.3) is 0 Å². The number of allylic oxidation sites excluding steroid dienone is 1. The first-order chi connectivity index (χ1) is 29.3. The number of aliphatic hydroxyl groups is 4. The summed E-state index contributed by atoms with van der Waals surface area (Å²) in [6.07, 6.45) is -7.34. The van der Waals surface area contributed by atoms with E-state index < -0.39 is 135 Å². The van der Waals surface area contributed by atoms with Crippen LogP contribution in [-0.4, -0.2) is 191 Å². The molecule has 0 bridgehead atoms. The molecule has 2 aliphatic rings. The van der Waals surface area contributed by atoms with Crippen molar-refractivity contribution in [2.24, 2.45) is 17.8 Å². The van der Waals surface area contributed by atoms with Crippen molar-refractivity contribution in [1.82, 2.24) is 10.2 Å². The Kier molecular flexibility index (Phi) is 24.7. The molecule has 0 aromatic rings. The molecule has 360 valence electrons. The first kappa shape index (κ1) is 55.5. The highest BCUT2D eigenvalue weighted by Gasteiger charge is 2.49. The van der Waals surface area contributed by atoms with E-state index in [1.165, 1.54) is 47.5 Å². The summed E-state index contributed by atoms with van der Waals surface area (Å²) in [6.45, 7) is 13.1. The van der Waals surface area contributed by atoms with E-state index in [9.17, 15) is 34.8 Å². The third kappa shape index (κ3) is 16.1. The Hall–Kier alpha value is -2.63. The van der Waals surface area contributed by atoms with E-state index in [1.807, 2.05) is 13.8 Å². The van der Waals surface area contributed by atoms with Crippen molar-refractivity contribution in [2.45, 2.75) is 159 Å². The second-order valence-corrected chi connectivity index (χ2v) is 16.4. The molecule has 7 unspecified atom stereocenters. The maximum Gasteiger partial charge on any atom is 0.308 e. The summed E-state index contributed by atoms with van der Waals surface area (Å²) in [5.41, 5.74) is 0. The molecule has 2 aliphatic heterocycles. The lowest BCUT2D eigenvalue weighted by Gasteiger charge is -2.47. The van der Waals surface area contributed by atoms with Gasteiger partial charge in [0.15, 0.2) is 25.0 Å². The van der Waals surface area contributed by atoms with Gasteiger partial charge in [-0.2, -0.15) is 0 Å². The zero-order valence-electron chi connectivity index (χ0n) is 38.6. The SMILES string of the molecule is C=CC(CO[C@H]1O[C@@H](C)[C@@H](OC(C)=O)[C@H](OC)[C@@H]1OC)C(CO)OC(=O)CC(O)C(C)C(O[C@H]1O[C@H](C)[C@H](O)[C@@H](N(C)C)[C@H]1O)C(CC(C)NC(=O)/C=C/CC)CC(OC)OC. The van der Waals surface area contributed by atoms with Crippen molar-refractivity contribution in [2.75, 3.05) is 55.7 Å². The van der Waals surface area contributed by atoms with Gasteiger partial charge < -0.3 is 78.0 Å². The second kappa shape index (κ2) is 27.6. The number of ether oxygens (including phenoxy) is 10. The summed E-state index contributed by atoms with van der Waals surface area (Å²) >= 11 is 0. The van der Waals surface area contributed by atoms with Gasteiger partial charge in [0.2, 0.25) is 5.91 Å². The Morgan fingerprint density at radius 2 is 1.55 bits per heavy atom. The van der Waals surface area contributed by atoms with Gasteiger partial charge in [-0.25, -0.2) is 0 Å². The smallest absolute Gasteiger partial charge is 0.308 e. The van der Waals surface area contributed by atoms with Crippen LogP contribution in [0.5, 0.6) is 0 Å². The van der Waals surface area contributed by atoms with Crippen molar-refractivity contribution in [1.29, 1.82) is 0 Å². The zero-order chi connectivity index (χ0) is 46.8. The van der Waals surface area contributed by atoms with E-state index in [0.717, 1.165) is 0 Å². The van der Waals surface area contributed by atoms with Crippen molar-refractivity contribution >= 4 is 17.8 Å². The molecule has 0 aliphatic carbocycles. The van der Waals surface area contributed by atoms with E-state index in [2.05, 4.69) is 11.9 Å². The molecule has 2 saturated heterocycles. The number of hydrogen-bond donors (Lipinski definition) is 5. The predicted octanol–water partition coefficient (Wildman–Crippen LogP) is 1.07. The number of nitrogens with one attached hydrogen (secondary N) is 1. The third-order valence-electron chi connectivity index (χ3n) is 11.5. The molecule has 0 aromatic heterocycles. The van der Waals surface area contributed by atoms with Crippen LogP contribution in [0.1, 0.15) is 67.2 Å². The van der Waals surface area contributed by atoms with Crippen LogP contribution in [-0.2, 0) is 61.8 Å². The van der Waals surface area contributed by atoms with Crippen LogP contribution in [0.15, 0.2) is 24.8 Å². The van der Waals surface area contributed by atoms with Gasteiger partial charge in [-0.1, -0.05) is 26.0 Å². The molecule has 0 saturated carbocycles. The molecule has 2 heterocycles. The van der Waals surface area contributed by atoms with Gasteiger partial charge in [-0.3, -0.25) is 14.4 Å². The van der Waals surface area contributed by atoms with E-state index in [4.69, 9.17) is 47.4 Å². The second-order valence-electron chi connectivity index (χ2n) is 16.4. The molecule has 0 radical (unpaired) electrons. The molecular weight excluding hydrogens is 816 g/mol. The van der Waals surface area contributed by atoms with Gasteiger partial charge in [0, 0.05) is 59.7 Å². The van der Waals surface area contributed by atoms with Crippen LogP contribution >= 0.6 is 0 Å². The molecule has 1 amide bonds. The lowest BCUT2D eigenvalue weighted by Crippen LogP contribution is -2.63. The lowest BCUT2D eigenvalue weighted by molar-refractivity contribution is -0.306. The summed E-state index contributed by atoms with van der Waals surface area (Å²) in [5, 5.41) is 47.5. The Balaban J connectivity index is 2.37. The van der Waals surface area contributed by atoms with Gasteiger partial charge in [0.1, 0.15) is 24.4 Å². The lowest BCUT2D eigenvalue weighted by atomic mass is 9.81. The molecule has 19 nitrogen and oxygen atoms in total. The minimum atomic E-state index is -1.40. The number of amides is 1. The third-order valence-corrected chi connectivity index (χ3v) is 11.5. The first-order valence-electron chi connectivity index (χ1n) is 21.3. The highest BCUT2D eigenvalue weighted by molar-refractivity contribution is 5.87. The number of rotatable bonds is 27. The fourth-order valence-corrected chi connectivity index (χ4v) is 8.05. The highest BCUT2D eigenvalue weighted by atomic mass is 16.7. The molecule has 5 N–H and O–H groups in total. The average molecular weight is 893 g/mol. The summed E-state index contributed by atoms with van der Waals surface area (Å²) in [5.74, 6) is -3.81. The Morgan fingerprint density at radius 3 is 2.08 bits per heavy atom. The topological polar surface area (TPSA) is 240 Å². The fraction of sp³-hybridized carbons (Fsp3) is 0.837. The number of carbonyl (C=O) groups is 3. The summed E-state index contributed by atoms with van der Waals surface area (Å²) in [6, 6.07) is -1.19. The number of nitrogens with zero attached hydrogens (tertiary/aromatic N) is 1. The van der Waals surface area contributed by atoms with E-state index in [1.54, 1.807) is 45.8 Å². The van der Waals surface area contributed by atoms with Gasteiger partial charge >= 0.3 is 11.9 Å². The van der Waals surface area contributed by atoms with Crippen molar-refractivity contribution in [3.05, 3.63) is 24.8 Å². The van der Waals surface area contributed by atoms with E-state index in [0.29, 0.717) is 6.42 Å². The maximum atomic E-state index is 13.6. The largest absolute Gasteiger partial charge is 0.459 e. The van der Waals surface area contributed by atoms with Crippen LogP contribution in [0.2, 0.25) is 0 Å². The highest BCUT2D eigenvalue weighted by Crippen LogP contribution is 2.35. The van der Waals surface area contributed by atoms with Crippen molar-refractivity contribution in [3.8, 4) is 0 Å². The molecule has 2 rings (SSSR count). The van der Waals surface area contributed by atoms with Crippen LogP contribution in [0.4, 0.5) is 0 Å². The molecular formula is C43H76N2O17. The molecule has 17 atom stereocenters. The number of likely N-dealkylation sites (N-methyl/N-ethyl adjacent to an activating group) is 1. The number of carbonyl (C=O) groups excluding carboxylic acids is 3. The van der Waals surface area contributed by atoms with Crippen LogP contribution in [0.3, 0.4) is 0 Å². The minimum absolute atomic E-state index is 0.141. The fourth-order valence-electron chi connectivity index (χ4n) is 8.05. The van der Waals surface area contributed by atoms with Crippen LogP contribution < -0.4 is 5.32 Å². The average Bonchev–Trinajstić information content (AvgIpc) is 3.22. The van der Waals surface area contributed by atoms with Gasteiger partial charge in [-0.15, -0.1) is 6.58 Å². The predicted molar refractivity (Wildman–Crippen MR) is 224 cm³/mol. The molecule has 2 fully saturated rings. The number of hydrogen-bond acceptors (Lipinski definition) is 18. The first-order valence-corrected chi connectivity index (χ1v) is 21.3. The number of methoxy groups -OCH3 is 4. The van der Waals surface area contributed by atoms with Gasteiger partial charge in [-0.05, 0) is 59.7 Å². The maximum absolute atomic E-state index is 13.6. The van der Waals surface area contributed by atoms with E-state index in [-0.39, 0.29) is 25.4 Å². The summed E-state index contributed by atoms with van der Waals surface area (Å²) < 4.78 is 58.2. The molecule has 62 heavy (non-hydrogen) atoms. The van der Waals surface area contributed by atoms with Crippen molar-refractivity contribution in [3.63, 3.8) is 0 Å². The number of esters is 2. The van der Waals surface area contributed by atoms with Crippen molar-refractivity contribution < 1.29 is 82.2 Å². The molecule has 0 aromatic carbocycles. The molecule has 19 heteroatoms. The quantitative estimate of drug-likeness (QED) is 0.0336. The van der Waals surface area contributed by atoms with E-state index >= 15 is 0 Å². The Bertz CT molecular complexity index is 1370. The number of aliphatic hydroxyl groups excluding tert-OH is 4. The normalized spacial score (nSPS) is 30.3. The van der Waals surface area contributed by atoms with Crippen LogP contribution in [0, 0.1) is 17.8 Å². The van der Waals surface area contributed by atoms with Crippen LogP contribution in [0.25, 0.3) is 0 Å². The minimum Gasteiger partial charge on any atom is -0.459 e. The Morgan fingerprint density at radius 1 is 0.919 bits per heavy atom. The molecule has 0 spiro atoms. The summed E-state index contributed by atoms with van der Waals surface area (Å²) in [7, 11) is 9.26. The van der Waals surface area contributed by atoms with Gasteiger partial charge in [0.05, 0.1) is 56.2 Å². The monoisotopic (exact) mass is 893 g/mol. The zero-order valence-corrected chi connectivity index (χ0v) is 38.6. The standard InChI is InChI=1S/C43H76N2O17/c1-14-16-17-32(49)44-23(3)18-29(19-34(53-10)54-11)38(62-42-37(52)35(45(8)9)36(51)25(5)58-42)24(4)30(48)20-33(50)61-31(21-46)28(15-2)22-57-43-41(56-13)40(55-12)39(26(6)59-43)60-27(7)47/h15-17,23-26,28-31,34-43,46,48,51-52H,2,14,18-22H2,1,3-13H3,(H,44,49)/b17-16+/t23?,24?,25-,26+,28?,29?,30?,31?,35-,36+,37-,38?,39-,40+,41+,42-,43+/m1/s1. The summed E-state index contributed by atoms with van der Waals surface area (Å²) in [4.78, 5) is 39.7. The Labute approximate surface area is 367 Å².